The molecule has 0 aliphatic carbocycles. The van der Waals surface area contributed by atoms with E-state index in [9.17, 15) is 9.90 Å². The SMILES string of the molecule is CC=CC(=O)NC(C)c1cccc(O)c1. The summed E-state index contributed by atoms with van der Waals surface area (Å²) in [6.45, 7) is 3.66. The second kappa shape index (κ2) is 5.20. The summed E-state index contributed by atoms with van der Waals surface area (Å²) in [4.78, 5) is 11.3. The van der Waals surface area contributed by atoms with Crippen LogP contribution in [-0.4, -0.2) is 11.0 Å². The first-order valence-corrected chi connectivity index (χ1v) is 4.85. The van der Waals surface area contributed by atoms with Crippen molar-refractivity contribution in [2.24, 2.45) is 0 Å². The van der Waals surface area contributed by atoms with Crippen molar-refractivity contribution in [3.8, 4) is 5.75 Å². The number of aromatic hydroxyl groups is 1. The van der Waals surface area contributed by atoms with E-state index in [2.05, 4.69) is 5.32 Å². The molecule has 3 heteroatoms. The van der Waals surface area contributed by atoms with Crippen molar-refractivity contribution in [2.45, 2.75) is 19.9 Å². The minimum atomic E-state index is -0.131. The third-order valence-electron chi connectivity index (χ3n) is 2.05. The van der Waals surface area contributed by atoms with Crippen molar-refractivity contribution in [3.05, 3.63) is 42.0 Å². The summed E-state index contributed by atoms with van der Waals surface area (Å²) in [5.41, 5.74) is 0.882. The van der Waals surface area contributed by atoms with Gasteiger partial charge in [-0.05, 0) is 37.6 Å². The molecule has 80 valence electrons. The summed E-state index contributed by atoms with van der Waals surface area (Å²) in [6, 6.07) is 6.74. The average Bonchev–Trinajstić information content (AvgIpc) is 2.18. The number of phenols is 1. The van der Waals surface area contributed by atoms with Crippen molar-refractivity contribution < 1.29 is 9.90 Å². The number of rotatable bonds is 3. The van der Waals surface area contributed by atoms with Gasteiger partial charge in [-0.2, -0.15) is 0 Å². The molecule has 15 heavy (non-hydrogen) atoms. The summed E-state index contributed by atoms with van der Waals surface area (Å²) in [6.07, 6.45) is 3.16. The Hall–Kier alpha value is -1.77. The number of phenolic OH excluding ortho intramolecular Hbond substituents is 1. The van der Waals surface area contributed by atoms with E-state index in [0.717, 1.165) is 5.56 Å². The van der Waals surface area contributed by atoms with E-state index in [1.807, 2.05) is 13.0 Å². The van der Waals surface area contributed by atoms with Crippen LogP contribution in [0.1, 0.15) is 25.5 Å². The summed E-state index contributed by atoms with van der Waals surface area (Å²) in [7, 11) is 0. The Morgan fingerprint density at radius 3 is 2.87 bits per heavy atom. The zero-order valence-electron chi connectivity index (χ0n) is 8.90. The van der Waals surface area contributed by atoms with E-state index in [0.29, 0.717) is 0 Å². The van der Waals surface area contributed by atoms with Gasteiger partial charge in [-0.25, -0.2) is 0 Å². The molecule has 2 N–H and O–H groups in total. The molecule has 0 aliphatic heterocycles. The van der Waals surface area contributed by atoms with E-state index < -0.39 is 0 Å². The number of allylic oxidation sites excluding steroid dienone is 1. The second-order valence-electron chi connectivity index (χ2n) is 3.33. The van der Waals surface area contributed by atoms with Gasteiger partial charge in [-0.1, -0.05) is 18.2 Å². The molecule has 0 aromatic heterocycles. The van der Waals surface area contributed by atoms with Crippen molar-refractivity contribution in [2.75, 3.05) is 0 Å². The normalized spacial score (nSPS) is 12.7. The van der Waals surface area contributed by atoms with Crippen LogP contribution in [0.2, 0.25) is 0 Å². The number of hydrogen-bond acceptors (Lipinski definition) is 2. The lowest BCUT2D eigenvalue weighted by Gasteiger charge is -2.12. The quantitative estimate of drug-likeness (QED) is 0.743. The molecule has 0 saturated heterocycles. The van der Waals surface area contributed by atoms with Gasteiger partial charge in [-0.15, -0.1) is 0 Å². The van der Waals surface area contributed by atoms with Crippen LogP contribution in [0, 0.1) is 0 Å². The van der Waals surface area contributed by atoms with Gasteiger partial charge in [0.2, 0.25) is 5.91 Å². The van der Waals surface area contributed by atoms with Gasteiger partial charge >= 0.3 is 0 Å². The van der Waals surface area contributed by atoms with Crippen LogP contribution in [-0.2, 0) is 4.79 Å². The topological polar surface area (TPSA) is 49.3 Å². The molecule has 1 aromatic carbocycles. The highest BCUT2D eigenvalue weighted by Gasteiger charge is 2.07. The van der Waals surface area contributed by atoms with Gasteiger partial charge in [0, 0.05) is 0 Å². The maximum atomic E-state index is 11.3. The fourth-order valence-electron chi connectivity index (χ4n) is 1.29. The third-order valence-corrected chi connectivity index (χ3v) is 2.05. The first-order valence-electron chi connectivity index (χ1n) is 4.85. The van der Waals surface area contributed by atoms with Crippen molar-refractivity contribution in [1.29, 1.82) is 0 Å². The molecule has 0 heterocycles. The monoisotopic (exact) mass is 205 g/mol. The van der Waals surface area contributed by atoms with E-state index in [1.54, 1.807) is 31.2 Å². The van der Waals surface area contributed by atoms with Crippen molar-refractivity contribution >= 4 is 5.91 Å². The molecule has 1 aromatic rings. The Morgan fingerprint density at radius 2 is 2.27 bits per heavy atom. The van der Waals surface area contributed by atoms with Gasteiger partial charge < -0.3 is 10.4 Å². The Morgan fingerprint density at radius 1 is 1.53 bits per heavy atom. The molecule has 0 aliphatic rings. The maximum Gasteiger partial charge on any atom is 0.244 e. The van der Waals surface area contributed by atoms with Crippen LogP contribution >= 0.6 is 0 Å². The van der Waals surface area contributed by atoms with Crippen LogP contribution in [0.3, 0.4) is 0 Å². The highest BCUT2D eigenvalue weighted by Crippen LogP contribution is 2.17. The minimum absolute atomic E-state index is 0.110. The van der Waals surface area contributed by atoms with E-state index in [-0.39, 0.29) is 17.7 Å². The Balaban J connectivity index is 2.68. The van der Waals surface area contributed by atoms with Crippen molar-refractivity contribution in [3.63, 3.8) is 0 Å². The van der Waals surface area contributed by atoms with Crippen LogP contribution in [0.25, 0.3) is 0 Å². The molecule has 0 saturated carbocycles. The molecule has 0 radical (unpaired) electrons. The predicted molar refractivity (Wildman–Crippen MR) is 59.5 cm³/mol. The van der Waals surface area contributed by atoms with Crippen LogP contribution in [0.15, 0.2) is 36.4 Å². The zero-order valence-corrected chi connectivity index (χ0v) is 8.90. The molecule has 0 spiro atoms. The lowest BCUT2D eigenvalue weighted by Crippen LogP contribution is -2.24. The number of hydrogen-bond donors (Lipinski definition) is 2. The molecule has 0 bridgehead atoms. The molecule has 1 amide bonds. The third kappa shape index (κ3) is 3.46. The number of nitrogens with one attached hydrogen (secondary N) is 1. The maximum absolute atomic E-state index is 11.3. The Labute approximate surface area is 89.4 Å². The lowest BCUT2D eigenvalue weighted by atomic mass is 10.1. The highest BCUT2D eigenvalue weighted by molar-refractivity contribution is 5.87. The Kier molecular flexibility index (Phi) is 3.92. The number of carbonyl (C=O) groups excluding carboxylic acids is 1. The van der Waals surface area contributed by atoms with Gasteiger partial charge in [0.05, 0.1) is 6.04 Å². The fourth-order valence-corrected chi connectivity index (χ4v) is 1.29. The predicted octanol–water partition coefficient (Wildman–Crippen LogP) is 2.15. The van der Waals surface area contributed by atoms with Crippen molar-refractivity contribution in [1.82, 2.24) is 5.32 Å². The molecule has 0 fully saturated rings. The van der Waals surface area contributed by atoms with Gasteiger partial charge in [-0.3, -0.25) is 4.79 Å². The van der Waals surface area contributed by atoms with Gasteiger partial charge in [0.25, 0.3) is 0 Å². The highest BCUT2D eigenvalue weighted by atomic mass is 16.3. The molecule has 1 atom stereocenters. The largest absolute Gasteiger partial charge is 0.508 e. The molecule has 1 unspecified atom stereocenters. The summed E-state index contributed by atoms with van der Waals surface area (Å²) in [5, 5.41) is 12.1. The average molecular weight is 205 g/mol. The van der Waals surface area contributed by atoms with Crippen LogP contribution in [0.5, 0.6) is 5.75 Å². The van der Waals surface area contributed by atoms with Gasteiger partial charge in [0.15, 0.2) is 0 Å². The molecular formula is C12H15NO2. The smallest absolute Gasteiger partial charge is 0.244 e. The minimum Gasteiger partial charge on any atom is -0.508 e. The van der Waals surface area contributed by atoms with Gasteiger partial charge in [0.1, 0.15) is 5.75 Å². The zero-order chi connectivity index (χ0) is 11.3. The van der Waals surface area contributed by atoms with E-state index in [1.165, 1.54) is 6.08 Å². The first kappa shape index (κ1) is 11.3. The second-order valence-corrected chi connectivity index (χ2v) is 3.33. The number of benzene rings is 1. The standard InChI is InChI=1S/C12H15NO2/c1-3-5-12(15)13-9(2)10-6-4-7-11(14)8-10/h3-9,14H,1-2H3,(H,13,15). The first-order chi connectivity index (χ1) is 7.13. The number of amides is 1. The molecular weight excluding hydrogens is 190 g/mol. The summed E-state index contributed by atoms with van der Waals surface area (Å²) in [5.74, 6) is 0.0768. The lowest BCUT2D eigenvalue weighted by molar-refractivity contribution is -0.117. The van der Waals surface area contributed by atoms with E-state index in [4.69, 9.17) is 0 Å². The number of carbonyl (C=O) groups is 1. The van der Waals surface area contributed by atoms with Crippen LogP contribution in [0.4, 0.5) is 0 Å². The molecule has 3 nitrogen and oxygen atoms in total. The molecule has 1 rings (SSSR count). The fraction of sp³-hybridized carbons (Fsp3) is 0.250. The van der Waals surface area contributed by atoms with E-state index >= 15 is 0 Å². The Bertz CT molecular complexity index is 372. The summed E-state index contributed by atoms with van der Waals surface area (Å²) >= 11 is 0. The van der Waals surface area contributed by atoms with Crippen LogP contribution < -0.4 is 5.32 Å². The summed E-state index contributed by atoms with van der Waals surface area (Å²) < 4.78 is 0.